The van der Waals surface area contributed by atoms with Gasteiger partial charge in [0.05, 0.1) is 6.04 Å². The summed E-state index contributed by atoms with van der Waals surface area (Å²) < 4.78 is 44.9. The van der Waals surface area contributed by atoms with Crippen LogP contribution in [0.25, 0.3) is 0 Å². The summed E-state index contributed by atoms with van der Waals surface area (Å²) in [5.74, 6) is -1.20. The molecule has 2 aromatic carbocycles. The summed E-state index contributed by atoms with van der Waals surface area (Å²) in [6.45, 7) is 0.301. The molecule has 1 fully saturated rings. The topological polar surface area (TPSA) is 29.5 Å². The van der Waals surface area contributed by atoms with Crippen LogP contribution in [0.15, 0.2) is 54.6 Å². The minimum Gasteiger partial charge on any atom is -0.445 e. The maximum absolute atomic E-state index is 13.2. The van der Waals surface area contributed by atoms with Crippen molar-refractivity contribution < 1.29 is 22.7 Å². The Balaban J connectivity index is 1.74. The molecule has 0 aliphatic carbocycles. The lowest BCUT2D eigenvalue weighted by molar-refractivity contribution is 0.00486. The summed E-state index contributed by atoms with van der Waals surface area (Å²) in [6.07, 6.45) is -2.64. The highest BCUT2D eigenvalue weighted by atomic mass is 19.3. The Hall–Kier alpha value is -2.50. The summed E-state index contributed by atoms with van der Waals surface area (Å²) in [6, 6.07) is 14.3. The SMILES string of the molecule is O=C(OCc1ccccc1)N1CCC(C(F)F)C[C@@H]1c1ccc(F)cc1. The standard InChI is InChI=1S/C20H20F3NO2/c21-17-8-6-15(7-9-17)18-12-16(19(22)23)10-11-24(18)20(25)26-13-14-4-2-1-3-5-14/h1-9,16,18-19H,10-13H2/t16?,18-/m1/s1. The van der Waals surface area contributed by atoms with Crippen molar-refractivity contribution in [1.29, 1.82) is 0 Å². The lowest BCUT2D eigenvalue weighted by Crippen LogP contribution is -2.42. The Kier molecular flexibility index (Phi) is 5.81. The van der Waals surface area contributed by atoms with Crippen molar-refractivity contribution in [3.05, 3.63) is 71.5 Å². The molecule has 0 bridgehead atoms. The molecule has 0 saturated carbocycles. The van der Waals surface area contributed by atoms with Gasteiger partial charge in [-0.3, -0.25) is 0 Å². The van der Waals surface area contributed by atoms with Gasteiger partial charge in [0, 0.05) is 12.5 Å². The number of alkyl halides is 2. The number of halogens is 3. The molecule has 1 aliphatic rings. The molecule has 0 N–H and O–H groups in total. The van der Waals surface area contributed by atoms with Crippen molar-refractivity contribution in [3.8, 4) is 0 Å². The van der Waals surface area contributed by atoms with E-state index < -0.39 is 30.3 Å². The van der Waals surface area contributed by atoms with Crippen molar-refractivity contribution in [2.75, 3.05) is 6.54 Å². The summed E-state index contributed by atoms with van der Waals surface area (Å²) >= 11 is 0. The average Bonchev–Trinajstić information content (AvgIpc) is 2.67. The second kappa shape index (κ2) is 8.25. The van der Waals surface area contributed by atoms with Crippen LogP contribution in [0.2, 0.25) is 0 Å². The van der Waals surface area contributed by atoms with Gasteiger partial charge in [-0.05, 0) is 36.1 Å². The smallest absolute Gasteiger partial charge is 0.410 e. The maximum atomic E-state index is 13.2. The van der Waals surface area contributed by atoms with Gasteiger partial charge in [-0.1, -0.05) is 42.5 Å². The molecule has 1 unspecified atom stereocenters. The largest absolute Gasteiger partial charge is 0.445 e. The van der Waals surface area contributed by atoms with Crippen molar-refractivity contribution in [1.82, 2.24) is 4.90 Å². The Morgan fingerprint density at radius 2 is 1.81 bits per heavy atom. The highest BCUT2D eigenvalue weighted by Gasteiger charge is 2.37. The number of nitrogens with zero attached hydrogens (tertiary/aromatic N) is 1. The third kappa shape index (κ3) is 4.36. The van der Waals surface area contributed by atoms with Crippen LogP contribution in [0, 0.1) is 11.7 Å². The van der Waals surface area contributed by atoms with Crippen molar-refractivity contribution in [2.45, 2.75) is 31.9 Å². The van der Waals surface area contributed by atoms with Crippen LogP contribution in [0.3, 0.4) is 0 Å². The van der Waals surface area contributed by atoms with Crippen molar-refractivity contribution in [3.63, 3.8) is 0 Å². The number of carbonyl (C=O) groups is 1. The summed E-state index contributed by atoms with van der Waals surface area (Å²) in [4.78, 5) is 14.0. The first kappa shape index (κ1) is 18.3. The van der Waals surface area contributed by atoms with Gasteiger partial charge in [-0.15, -0.1) is 0 Å². The first-order valence-corrected chi connectivity index (χ1v) is 8.55. The first-order valence-electron chi connectivity index (χ1n) is 8.55. The number of likely N-dealkylation sites (tertiary alicyclic amines) is 1. The number of rotatable bonds is 4. The zero-order valence-electron chi connectivity index (χ0n) is 14.2. The van der Waals surface area contributed by atoms with E-state index in [4.69, 9.17) is 4.74 Å². The van der Waals surface area contributed by atoms with Crippen LogP contribution >= 0.6 is 0 Å². The van der Waals surface area contributed by atoms with Crippen molar-refractivity contribution >= 4 is 6.09 Å². The van der Waals surface area contributed by atoms with Crippen LogP contribution in [0.4, 0.5) is 18.0 Å². The number of hydrogen-bond donors (Lipinski definition) is 0. The molecular formula is C20H20F3NO2. The Morgan fingerprint density at radius 3 is 2.46 bits per heavy atom. The van der Waals surface area contributed by atoms with Crippen molar-refractivity contribution in [2.24, 2.45) is 5.92 Å². The van der Waals surface area contributed by atoms with Crippen LogP contribution in [-0.2, 0) is 11.3 Å². The van der Waals surface area contributed by atoms with E-state index in [1.165, 1.54) is 29.2 Å². The molecule has 0 aromatic heterocycles. The maximum Gasteiger partial charge on any atom is 0.410 e. The molecule has 3 nitrogen and oxygen atoms in total. The van der Waals surface area contributed by atoms with E-state index in [0.717, 1.165) is 5.56 Å². The monoisotopic (exact) mass is 363 g/mol. The quantitative estimate of drug-likeness (QED) is 0.749. The van der Waals surface area contributed by atoms with E-state index >= 15 is 0 Å². The number of carbonyl (C=O) groups excluding carboxylic acids is 1. The number of hydrogen-bond acceptors (Lipinski definition) is 2. The van der Waals surface area contributed by atoms with Gasteiger partial charge in [0.2, 0.25) is 6.43 Å². The van der Waals surface area contributed by atoms with Crippen LogP contribution in [-0.4, -0.2) is 24.0 Å². The molecule has 1 heterocycles. The van der Waals surface area contributed by atoms with E-state index in [1.54, 1.807) is 0 Å². The molecule has 1 saturated heterocycles. The predicted molar refractivity (Wildman–Crippen MR) is 91.2 cm³/mol. The molecule has 3 rings (SSSR count). The zero-order chi connectivity index (χ0) is 18.5. The number of ether oxygens (including phenoxy) is 1. The second-order valence-corrected chi connectivity index (χ2v) is 6.42. The Bertz CT molecular complexity index is 722. The van der Waals surface area contributed by atoms with Crippen LogP contribution in [0.1, 0.15) is 30.0 Å². The van der Waals surface area contributed by atoms with Crippen LogP contribution < -0.4 is 0 Å². The third-order valence-corrected chi connectivity index (χ3v) is 4.69. The fourth-order valence-corrected chi connectivity index (χ4v) is 3.24. The number of piperidine rings is 1. The van der Waals surface area contributed by atoms with E-state index in [0.29, 0.717) is 5.56 Å². The molecule has 6 heteroatoms. The van der Waals surface area contributed by atoms with E-state index in [-0.39, 0.29) is 26.0 Å². The highest BCUT2D eigenvalue weighted by Crippen LogP contribution is 2.37. The fourth-order valence-electron chi connectivity index (χ4n) is 3.24. The molecule has 2 atom stereocenters. The third-order valence-electron chi connectivity index (χ3n) is 4.69. The van der Waals surface area contributed by atoms with Crippen LogP contribution in [0.5, 0.6) is 0 Å². The normalized spacial score (nSPS) is 20.2. The predicted octanol–water partition coefficient (Wildman–Crippen LogP) is 5.18. The van der Waals surface area contributed by atoms with E-state index in [2.05, 4.69) is 0 Å². The van der Waals surface area contributed by atoms with Gasteiger partial charge in [0.15, 0.2) is 0 Å². The molecular weight excluding hydrogens is 343 g/mol. The number of benzene rings is 2. The lowest BCUT2D eigenvalue weighted by atomic mass is 9.87. The Labute approximate surface area is 150 Å². The molecule has 0 radical (unpaired) electrons. The lowest BCUT2D eigenvalue weighted by Gasteiger charge is -2.38. The van der Waals surface area contributed by atoms with E-state index in [1.807, 2.05) is 30.3 Å². The minimum atomic E-state index is -2.44. The van der Waals surface area contributed by atoms with Gasteiger partial charge in [0.1, 0.15) is 12.4 Å². The molecule has 0 spiro atoms. The molecule has 138 valence electrons. The molecule has 26 heavy (non-hydrogen) atoms. The Morgan fingerprint density at radius 1 is 1.12 bits per heavy atom. The summed E-state index contributed by atoms with van der Waals surface area (Å²) in [7, 11) is 0. The van der Waals surface area contributed by atoms with Gasteiger partial charge >= 0.3 is 6.09 Å². The summed E-state index contributed by atoms with van der Waals surface area (Å²) in [5.41, 5.74) is 1.48. The molecule has 1 amide bonds. The number of amides is 1. The summed E-state index contributed by atoms with van der Waals surface area (Å²) in [5, 5.41) is 0. The molecule has 1 aliphatic heterocycles. The van der Waals surface area contributed by atoms with E-state index in [9.17, 15) is 18.0 Å². The van der Waals surface area contributed by atoms with Gasteiger partial charge in [-0.2, -0.15) is 0 Å². The average molecular weight is 363 g/mol. The van der Waals surface area contributed by atoms with Gasteiger partial charge in [0.25, 0.3) is 0 Å². The second-order valence-electron chi connectivity index (χ2n) is 6.42. The minimum absolute atomic E-state index is 0.116. The highest BCUT2D eigenvalue weighted by molar-refractivity contribution is 5.68. The fraction of sp³-hybridized carbons (Fsp3) is 0.350. The molecule has 2 aromatic rings. The van der Waals surface area contributed by atoms with Gasteiger partial charge < -0.3 is 9.64 Å². The van der Waals surface area contributed by atoms with Gasteiger partial charge in [-0.25, -0.2) is 18.0 Å². The zero-order valence-corrected chi connectivity index (χ0v) is 14.2. The first-order chi connectivity index (χ1) is 12.5.